The molecule has 106 valence electrons. The Kier molecular flexibility index (Phi) is 2.68. The second-order valence-corrected chi connectivity index (χ2v) is 6.28. The Morgan fingerprint density at radius 2 is 1.76 bits per heavy atom. The molecule has 1 amide bonds. The van der Waals surface area contributed by atoms with Crippen LogP contribution >= 0.6 is 0 Å². The summed E-state index contributed by atoms with van der Waals surface area (Å²) >= 11 is 0. The molecule has 0 radical (unpaired) electrons. The first-order valence-corrected chi connectivity index (χ1v) is 7.68. The van der Waals surface area contributed by atoms with Crippen LogP contribution in [0.5, 0.6) is 0 Å². The van der Waals surface area contributed by atoms with Crippen LogP contribution in [0, 0.1) is 6.92 Å². The van der Waals surface area contributed by atoms with Crippen molar-refractivity contribution in [2.45, 2.75) is 31.6 Å². The first-order valence-electron chi connectivity index (χ1n) is 7.68. The van der Waals surface area contributed by atoms with E-state index in [-0.39, 0.29) is 11.3 Å². The molecule has 2 aromatic rings. The molecule has 0 aromatic heterocycles. The summed E-state index contributed by atoms with van der Waals surface area (Å²) in [7, 11) is 0. The molecule has 2 heteroatoms. The summed E-state index contributed by atoms with van der Waals surface area (Å²) in [4.78, 5) is 15.1. The van der Waals surface area contributed by atoms with Gasteiger partial charge in [0.1, 0.15) is 0 Å². The molecule has 0 N–H and O–H groups in total. The highest BCUT2D eigenvalue weighted by Crippen LogP contribution is 2.50. The topological polar surface area (TPSA) is 20.3 Å². The van der Waals surface area contributed by atoms with Crippen LogP contribution in [0.2, 0.25) is 0 Å². The third-order valence-corrected chi connectivity index (χ3v) is 4.90. The first kappa shape index (κ1) is 12.6. The van der Waals surface area contributed by atoms with Crippen molar-refractivity contribution in [2.24, 2.45) is 0 Å². The Hall–Kier alpha value is -2.09. The molecule has 1 aliphatic heterocycles. The highest BCUT2D eigenvalue weighted by molar-refractivity contribution is 6.04. The number of fused-ring (bicyclic) bond motifs is 1. The second kappa shape index (κ2) is 4.45. The summed E-state index contributed by atoms with van der Waals surface area (Å²) in [6, 6.07) is 16.8. The van der Waals surface area contributed by atoms with E-state index >= 15 is 0 Å². The fourth-order valence-electron chi connectivity index (χ4n) is 3.43. The van der Waals surface area contributed by atoms with Gasteiger partial charge in [-0.2, -0.15) is 0 Å². The molecule has 1 fully saturated rings. The lowest BCUT2D eigenvalue weighted by Crippen LogP contribution is -2.38. The van der Waals surface area contributed by atoms with Gasteiger partial charge in [0.25, 0.3) is 0 Å². The quantitative estimate of drug-likeness (QED) is 0.821. The van der Waals surface area contributed by atoms with Crippen molar-refractivity contribution in [3.05, 3.63) is 65.2 Å². The number of hydrogen-bond acceptors (Lipinski definition) is 1. The maximum Gasteiger partial charge on any atom is 0.237 e. The summed E-state index contributed by atoms with van der Waals surface area (Å²) in [6.45, 7) is 2.91. The maximum absolute atomic E-state index is 13.1. The van der Waals surface area contributed by atoms with E-state index in [0.717, 1.165) is 31.5 Å². The van der Waals surface area contributed by atoms with Gasteiger partial charge in [-0.1, -0.05) is 48.0 Å². The van der Waals surface area contributed by atoms with Crippen LogP contribution in [-0.2, 0) is 16.6 Å². The lowest BCUT2D eigenvalue weighted by Gasteiger charge is -2.24. The first-order chi connectivity index (χ1) is 10.2. The van der Waals surface area contributed by atoms with E-state index in [1.54, 1.807) is 0 Å². The fourth-order valence-corrected chi connectivity index (χ4v) is 3.43. The number of carbonyl (C=O) groups is 1. The normalized spacial score (nSPS) is 18.4. The van der Waals surface area contributed by atoms with Crippen LogP contribution < -0.4 is 4.90 Å². The zero-order chi connectivity index (χ0) is 14.4. The van der Waals surface area contributed by atoms with Gasteiger partial charge < -0.3 is 4.90 Å². The number of amides is 1. The van der Waals surface area contributed by atoms with Gasteiger partial charge in [0.05, 0.1) is 5.41 Å². The van der Waals surface area contributed by atoms with Crippen LogP contribution in [0.4, 0.5) is 5.69 Å². The Bertz CT molecular complexity index is 698. The van der Waals surface area contributed by atoms with Crippen molar-refractivity contribution >= 4 is 11.6 Å². The van der Waals surface area contributed by atoms with E-state index in [4.69, 9.17) is 0 Å². The largest absolute Gasteiger partial charge is 0.311 e. The van der Waals surface area contributed by atoms with Crippen molar-refractivity contribution in [1.82, 2.24) is 0 Å². The molecule has 0 bridgehead atoms. The molecule has 1 saturated carbocycles. The second-order valence-electron chi connectivity index (χ2n) is 6.28. The van der Waals surface area contributed by atoms with E-state index in [2.05, 4.69) is 49.4 Å². The molecule has 4 rings (SSSR count). The van der Waals surface area contributed by atoms with Gasteiger partial charge in [-0.25, -0.2) is 0 Å². The molecule has 2 aliphatic rings. The fraction of sp³-hybridized carbons (Fsp3) is 0.316. The number of anilines is 1. The van der Waals surface area contributed by atoms with Crippen molar-refractivity contribution in [3.8, 4) is 0 Å². The lowest BCUT2D eigenvalue weighted by atomic mass is 9.93. The van der Waals surface area contributed by atoms with Gasteiger partial charge in [0, 0.05) is 12.2 Å². The summed E-state index contributed by atoms with van der Waals surface area (Å²) < 4.78 is 0. The number of benzene rings is 2. The molecular formula is C19H19NO. The van der Waals surface area contributed by atoms with E-state index in [0.29, 0.717) is 0 Å². The van der Waals surface area contributed by atoms with Gasteiger partial charge in [-0.3, -0.25) is 4.79 Å². The van der Waals surface area contributed by atoms with Gasteiger partial charge in [-0.05, 0) is 43.4 Å². The SMILES string of the molecule is Cc1ccc(C2(C(=O)N3CCc4ccccc43)CC2)cc1. The molecule has 0 unspecified atom stereocenters. The van der Waals surface area contributed by atoms with Crippen molar-refractivity contribution in [1.29, 1.82) is 0 Å². The van der Waals surface area contributed by atoms with Crippen LogP contribution in [-0.4, -0.2) is 12.5 Å². The molecule has 21 heavy (non-hydrogen) atoms. The van der Waals surface area contributed by atoms with Crippen LogP contribution in [0.25, 0.3) is 0 Å². The van der Waals surface area contributed by atoms with E-state index in [9.17, 15) is 4.79 Å². The third kappa shape index (κ3) is 1.90. The molecule has 2 aromatic carbocycles. The third-order valence-electron chi connectivity index (χ3n) is 4.90. The highest BCUT2D eigenvalue weighted by atomic mass is 16.2. The lowest BCUT2D eigenvalue weighted by molar-refractivity contribution is -0.120. The predicted octanol–water partition coefficient (Wildman–Crippen LogP) is 3.62. The van der Waals surface area contributed by atoms with Crippen LogP contribution in [0.3, 0.4) is 0 Å². The Balaban J connectivity index is 1.68. The summed E-state index contributed by atoms with van der Waals surface area (Å²) in [5.41, 5.74) is 4.58. The van der Waals surface area contributed by atoms with E-state index in [1.165, 1.54) is 16.7 Å². The van der Waals surface area contributed by atoms with Gasteiger partial charge in [0.15, 0.2) is 0 Å². The number of rotatable bonds is 2. The Morgan fingerprint density at radius 1 is 1.05 bits per heavy atom. The number of para-hydroxylation sites is 1. The van der Waals surface area contributed by atoms with Crippen LogP contribution in [0.15, 0.2) is 48.5 Å². The number of carbonyl (C=O) groups excluding carboxylic acids is 1. The molecule has 0 atom stereocenters. The average molecular weight is 277 g/mol. The van der Waals surface area contributed by atoms with Gasteiger partial charge in [-0.15, -0.1) is 0 Å². The van der Waals surface area contributed by atoms with Gasteiger partial charge in [0.2, 0.25) is 5.91 Å². The monoisotopic (exact) mass is 277 g/mol. The highest BCUT2D eigenvalue weighted by Gasteiger charge is 2.53. The number of nitrogens with zero attached hydrogens (tertiary/aromatic N) is 1. The average Bonchev–Trinajstić information content (AvgIpc) is 3.21. The molecule has 1 aliphatic carbocycles. The minimum Gasteiger partial charge on any atom is -0.311 e. The summed E-state index contributed by atoms with van der Waals surface area (Å²) in [6.07, 6.45) is 2.94. The minimum atomic E-state index is -0.259. The molecule has 2 nitrogen and oxygen atoms in total. The van der Waals surface area contributed by atoms with Crippen LogP contribution in [0.1, 0.15) is 29.5 Å². The number of hydrogen-bond donors (Lipinski definition) is 0. The standard InChI is InChI=1S/C19H19NO/c1-14-6-8-16(9-7-14)19(11-12-19)18(21)20-13-10-15-4-2-3-5-17(15)20/h2-9H,10-13H2,1H3. The molecule has 0 spiro atoms. The smallest absolute Gasteiger partial charge is 0.237 e. The van der Waals surface area contributed by atoms with Crippen molar-refractivity contribution in [2.75, 3.05) is 11.4 Å². The molecule has 1 heterocycles. The zero-order valence-corrected chi connectivity index (χ0v) is 12.3. The Labute approximate surface area is 125 Å². The zero-order valence-electron chi connectivity index (χ0n) is 12.3. The maximum atomic E-state index is 13.1. The van der Waals surface area contributed by atoms with E-state index in [1.807, 2.05) is 11.0 Å². The predicted molar refractivity (Wildman–Crippen MR) is 84.6 cm³/mol. The summed E-state index contributed by atoms with van der Waals surface area (Å²) in [5.74, 6) is 0.288. The van der Waals surface area contributed by atoms with E-state index < -0.39 is 0 Å². The Morgan fingerprint density at radius 3 is 2.48 bits per heavy atom. The number of aryl methyl sites for hydroxylation is 1. The molecule has 0 saturated heterocycles. The van der Waals surface area contributed by atoms with Gasteiger partial charge >= 0.3 is 0 Å². The molecular weight excluding hydrogens is 258 g/mol. The minimum absolute atomic E-state index is 0.259. The van der Waals surface area contributed by atoms with Crippen molar-refractivity contribution in [3.63, 3.8) is 0 Å². The summed E-state index contributed by atoms with van der Waals surface area (Å²) in [5, 5.41) is 0. The van der Waals surface area contributed by atoms with Crippen molar-refractivity contribution < 1.29 is 4.79 Å².